The Morgan fingerprint density at radius 2 is 1.89 bits per heavy atom. The minimum atomic E-state index is 0. The molecule has 1 saturated heterocycles. The molecule has 1 aliphatic rings. The van der Waals surface area contributed by atoms with Crippen molar-refractivity contribution >= 4 is 35.8 Å². The van der Waals surface area contributed by atoms with Crippen molar-refractivity contribution in [3.63, 3.8) is 0 Å². The number of hydrogen-bond acceptors (Lipinski definition) is 3. The molecule has 6 nitrogen and oxygen atoms in total. The van der Waals surface area contributed by atoms with E-state index in [1.54, 1.807) is 19.0 Å². The van der Waals surface area contributed by atoms with Gasteiger partial charge in [0.2, 0.25) is 5.91 Å². The van der Waals surface area contributed by atoms with Crippen LogP contribution in [0.5, 0.6) is 0 Å². The molecule has 2 atom stereocenters. The third kappa shape index (κ3) is 6.92. The number of benzene rings is 1. The van der Waals surface area contributed by atoms with Crippen LogP contribution in [-0.4, -0.2) is 79.4 Å². The predicted octanol–water partition coefficient (Wildman–Crippen LogP) is 2.82. The quantitative estimate of drug-likeness (QED) is 0.355. The maximum Gasteiger partial charge on any atom is 0.243 e. The van der Waals surface area contributed by atoms with Gasteiger partial charge in [0.25, 0.3) is 0 Å². The molecule has 1 aromatic rings. The third-order valence-corrected chi connectivity index (χ3v) is 5.30. The lowest BCUT2D eigenvalue weighted by Gasteiger charge is -2.28. The van der Waals surface area contributed by atoms with Gasteiger partial charge in [0, 0.05) is 33.2 Å². The van der Waals surface area contributed by atoms with Gasteiger partial charge in [0.15, 0.2) is 5.96 Å². The number of carbonyl (C=O) groups is 1. The number of nitrogens with zero attached hydrogens (tertiary/aromatic N) is 4. The number of guanidine groups is 1. The Kier molecular flexibility index (Phi) is 10.8. The van der Waals surface area contributed by atoms with Crippen LogP contribution in [0.2, 0.25) is 0 Å². The highest BCUT2D eigenvalue weighted by Gasteiger charge is 2.29. The van der Waals surface area contributed by atoms with Crippen molar-refractivity contribution in [1.82, 2.24) is 20.0 Å². The minimum absolute atomic E-state index is 0. The first-order chi connectivity index (χ1) is 13.0. The molecule has 1 N–H and O–H groups in total. The lowest BCUT2D eigenvalue weighted by atomic mass is 10.1. The molecule has 158 valence electrons. The fraction of sp³-hybridized carbons (Fsp3) is 0.619. The van der Waals surface area contributed by atoms with Gasteiger partial charge in [-0.3, -0.25) is 9.69 Å². The molecule has 0 radical (unpaired) electrons. The van der Waals surface area contributed by atoms with E-state index < -0.39 is 0 Å². The minimum Gasteiger partial charge on any atom is -0.350 e. The van der Waals surface area contributed by atoms with Crippen molar-refractivity contribution < 1.29 is 4.79 Å². The highest BCUT2D eigenvalue weighted by atomic mass is 127. The Morgan fingerprint density at radius 3 is 2.46 bits per heavy atom. The van der Waals surface area contributed by atoms with Crippen LogP contribution in [0.15, 0.2) is 35.3 Å². The number of hydrogen-bond donors (Lipinski definition) is 1. The summed E-state index contributed by atoms with van der Waals surface area (Å²) in [4.78, 5) is 23.1. The number of likely N-dealkylation sites (tertiary alicyclic amines) is 1. The van der Waals surface area contributed by atoms with E-state index in [0.717, 1.165) is 38.6 Å². The number of halogens is 1. The number of carbonyl (C=O) groups excluding carboxylic acids is 1. The first kappa shape index (κ1) is 24.7. The van der Waals surface area contributed by atoms with E-state index in [-0.39, 0.29) is 42.5 Å². The Hall–Kier alpha value is -1.35. The van der Waals surface area contributed by atoms with E-state index in [1.165, 1.54) is 5.56 Å². The molecule has 1 aromatic carbocycles. The molecule has 2 unspecified atom stereocenters. The highest BCUT2D eigenvalue weighted by molar-refractivity contribution is 14.0. The van der Waals surface area contributed by atoms with Crippen molar-refractivity contribution in [2.75, 3.05) is 46.8 Å². The van der Waals surface area contributed by atoms with Crippen LogP contribution in [-0.2, 0) is 4.79 Å². The second-order valence-corrected chi connectivity index (χ2v) is 7.31. The molecule has 0 aromatic heterocycles. The zero-order chi connectivity index (χ0) is 19.8. The fourth-order valence-corrected chi connectivity index (χ4v) is 3.51. The summed E-state index contributed by atoms with van der Waals surface area (Å²) in [6.07, 6.45) is 1.13. The van der Waals surface area contributed by atoms with Crippen LogP contribution < -0.4 is 5.32 Å². The lowest BCUT2D eigenvalue weighted by molar-refractivity contribution is -0.127. The molecule has 1 aliphatic heterocycles. The first-order valence-electron chi connectivity index (χ1n) is 10.0. The topological polar surface area (TPSA) is 51.2 Å². The molecule has 1 fully saturated rings. The van der Waals surface area contributed by atoms with Crippen LogP contribution >= 0.6 is 24.0 Å². The van der Waals surface area contributed by atoms with Gasteiger partial charge in [-0.05, 0) is 32.0 Å². The zero-order valence-corrected chi connectivity index (χ0v) is 20.2. The van der Waals surface area contributed by atoms with Crippen LogP contribution in [0.3, 0.4) is 0 Å². The number of aliphatic imine (C=N–C) groups is 1. The van der Waals surface area contributed by atoms with Crippen molar-refractivity contribution in [3.05, 3.63) is 35.9 Å². The van der Waals surface area contributed by atoms with E-state index in [0.29, 0.717) is 6.04 Å². The van der Waals surface area contributed by atoms with E-state index >= 15 is 0 Å². The molecular formula is C21H36IN5O. The molecule has 0 spiro atoms. The van der Waals surface area contributed by atoms with Crippen LogP contribution in [0, 0.1) is 0 Å². The maximum absolute atomic E-state index is 12.0. The van der Waals surface area contributed by atoms with Crippen LogP contribution in [0.25, 0.3) is 0 Å². The van der Waals surface area contributed by atoms with Gasteiger partial charge < -0.3 is 15.1 Å². The molecule has 1 heterocycles. The zero-order valence-electron chi connectivity index (χ0n) is 17.9. The summed E-state index contributed by atoms with van der Waals surface area (Å²) in [5.41, 5.74) is 1.21. The molecule has 0 aliphatic carbocycles. The smallest absolute Gasteiger partial charge is 0.243 e. The Bertz CT molecular complexity index is 618. The predicted molar refractivity (Wildman–Crippen MR) is 127 cm³/mol. The van der Waals surface area contributed by atoms with E-state index in [4.69, 9.17) is 0 Å². The second kappa shape index (κ2) is 12.3. The lowest BCUT2D eigenvalue weighted by Crippen LogP contribution is -2.44. The maximum atomic E-state index is 12.0. The molecule has 1 amide bonds. The SMILES string of the molecule is CCN(CC)C1CCN(C(=NCC(=O)N(C)C)NC(C)c2ccccc2)C1.I. The standard InChI is InChI=1S/C21H35N5O.HI/c1-6-25(7-2)19-13-14-26(16-19)21(22-15-20(27)24(4)5)23-17(3)18-11-9-8-10-12-18;/h8-12,17,19H,6-7,13-16H2,1-5H3,(H,22,23);1H. The number of nitrogens with one attached hydrogen (secondary N) is 1. The van der Waals surface area contributed by atoms with Gasteiger partial charge in [0.05, 0.1) is 6.04 Å². The monoisotopic (exact) mass is 501 g/mol. The molecule has 28 heavy (non-hydrogen) atoms. The Morgan fingerprint density at radius 1 is 1.25 bits per heavy atom. The van der Waals surface area contributed by atoms with Crippen molar-refractivity contribution in [2.45, 2.75) is 39.3 Å². The van der Waals surface area contributed by atoms with Gasteiger partial charge in [-0.1, -0.05) is 44.2 Å². The molecule has 7 heteroatoms. The molecular weight excluding hydrogens is 465 g/mol. The summed E-state index contributed by atoms with van der Waals surface area (Å²) in [7, 11) is 3.54. The Balaban J connectivity index is 0.00000392. The molecule has 2 rings (SSSR count). The normalized spacial score (nSPS) is 18.0. The number of amides is 1. The summed E-state index contributed by atoms with van der Waals surface area (Å²) in [6, 6.07) is 11.0. The highest BCUT2D eigenvalue weighted by Crippen LogP contribution is 2.18. The van der Waals surface area contributed by atoms with E-state index in [9.17, 15) is 4.79 Å². The molecule has 0 saturated carbocycles. The van der Waals surface area contributed by atoms with Gasteiger partial charge in [-0.25, -0.2) is 4.99 Å². The van der Waals surface area contributed by atoms with Gasteiger partial charge >= 0.3 is 0 Å². The third-order valence-electron chi connectivity index (χ3n) is 5.30. The van der Waals surface area contributed by atoms with Crippen molar-refractivity contribution in [3.8, 4) is 0 Å². The van der Waals surface area contributed by atoms with Crippen molar-refractivity contribution in [2.24, 2.45) is 4.99 Å². The van der Waals surface area contributed by atoms with Gasteiger partial charge in [0.1, 0.15) is 6.54 Å². The average Bonchev–Trinajstić information content (AvgIpc) is 3.16. The second-order valence-electron chi connectivity index (χ2n) is 7.31. The Labute approximate surface area is 187 Å². The van der Waals surface area contributed by atoms with E-state index in [2.05, 4.69) is 53.0 Å². The first-order valence-corrected chi connectivity index (χ1v) is 10.0. The summed E-state index contributed by atoms with van der Waals surface area (Å²) < 4.78 is 0. The summed E-state index contributed by atoms with van der Waals surface area (Å²) >= 11 is 0. The van der Waals surface area contributed by atoms with Crippen LogP contribution in [0.1, 0.15) is 38.8 Å². The van der Waals surface area contributed by atoms with Gasteiger partial charge in [-0.2, -0.15) is 0 Å². The summed E-state index contributed by atoms with van der Waals surface area (Å²) in [5.74, 6) is 0.845. The summed E-state index contributed by atoms with van der Waals surface area (Å²) in [6.45, 7) is 10.8. The largest absolute Gasteiger partial charge is 0.350 e. The number of rotatable bonds is 7. The van der Waals surface area contributed by atoms with Crippen molar-refractivity contribution in [1.29, 1.82) is 0 Å². The fourth-order valence-electron chi connectivity index (χ4n) is 3.51. The van der Waals surface area contributed by atoms with Crippen LogP contribution in [0.4, 0.5) is 0 Å². The van der Waals surface area contributed by atoms with Gasteiger partial charge in [-0.15, -0.1) is 24.0 Å². The molecule has 0 bridgehead atoms. The number of likely N-dealkylation sites (N-methyl/N-ethyl adjacent to an activating group) is 2. The van der Waals surface area contributed by atoms with E-state index in [1.807, 2.05) is 18.2 Å². The summed E-state index contributed by atoms with van der Waals surface area (Å²) in [5, 5.41) is 3.55. The average molecular weight is 501 g/mol.